The molecule has 138 valence electrons. The minimum Gasteiger partial charge on any atom is -0.392 e. The maximum absolute atomic E-state index is 9.41. The molecule has 2 rings (SSSR count). The van der Waals surface area contributed by atoms with E-state index in [1.807, 2.05) is 6.92 Å². The number of anilines is 4. The molecule has 0 aliphatic rings. The Labute approximate surface area is 153 Å². The fourth-order valence-corrected chi connectivity index (χ4v) is 1.99. The van der Waals surface area contributed by atoms with Gasteiger partial charge in [-0.3, -0.25) is 0 Å². The van der Waals surface area contributed by atoms with Crippen molar-refractivity contribution in [3.8, 4) is 0 Å². The average Bonchev–Trinajstić information content (AvgIpc) is 2.56. The Morgan fingerprint density at radius 1 is 1.00 bits per heavy atom. The van der Waals surface area contributed by atoms with Crippen LogP contribution in [0.5, 0.6) is 0 Å². The summed E-state index contributed by atoms with van der Waals surface area (Å²) in [6.07, 6.45) is -0.504. The maximum Gasteiger partial charge on any atom is 0.225 e. The predicted molar refractivity (Wildman–Crippen MR) is 105 cm³/mol. The summed E-state index contributed by atoms with van der Waals surface area (Å²) in [4.78, 5) is 17.8. The van der Waals surface area contributed by atoms with E-state index < -0.39 is 6.10 Å². The Morgan fingerprint density at radius 3 is 1.88 bits per heavy atom. The lowest BCUT2D eigenvalue weighted by molar-refractivity contribution is 0.208. The molecule has 2 aromatic heterocycles. The van der Waals surface area contributed by atoms with Crippen LogP contribution < -0.4 is 21.3 Å². The molecule has 9 nitrogen and oxygen atoms in total. The number of hydrogen-bond acceptors (Lipinski definition) is 9. The second-order valence-corrected chi connectivity index (χ2v) is 5.53. The lowest BCUT2D eigenvalue weighted by Gasteiger charge is -2.13. The molecule has 0 saturated heterocycles. The summed E-state index contributed by atoms with van der Waals surface area (Å²) >= 11 is 0. The first-order valence-corrected chi connectivity index (χ1v) is 7.70. The second kappa shape index (κ2) is 9.19. The molecule has 1 atom stereocenters. The van der Waals surface area contributed by atoms with Crippen LogP contribution in [-0.2, 0) is 0 Å². The van der Waals surface area contributed by atoms with Crippen LogP contribution in [0, 0.1) is 0 Å². The summed E-state index contributed by atoms with van der Waals surface area (Å²) in [5.74, 6) is 2.03. The molecule has 0 aromatic carbocycles. The third kappa shape index (κ3) is 5.30. The lowest BCUT2D eigenvalue weighted by Crippen LogP contribution is -2.18. The zero-order valence-electron chi connectivity index (χ0n) is 14.8. The summed E-state index contributed by atoms with van der Waals surface area (Å²) in [5.41, 5.74) is 2.17. The molecule has 0 aliphatic carbocycles. The van der Waals surface area contributed by atoms with Crippen molar-refractivity contribution in [1.82, 2.24) is 19.9 Å². The fourth-order valence-electron chi connectivity index (χ4n) is 1.99. The van der Waals surface area contributed by atoms with Gasteiger partial charge in [-0.15, -0.1) is 12.4 Å². The highest BCUT2D eigenvalue weighted by molar-refractivity contribution is 5.94. The number of hydrogen-bond donors (Lipinski definition) is 5. The molecule has 0 bridgehead atoms. The van der Waals surface area contributed by atoms with Crippen LogP contribution in [0.25, 0.3) is 11.0 Å². The van der Waals surface area contributed by atoms with Crippen molar-refractivity contribution in [1.29, 1.82) is 0 Å². The summed E-state index contributed by atoms with van der Waals surface area (Å²) in [5, 5.41) is 21.6. The molecule has 5 N–H and O–H groups in total. The quantitative estimate of drug-likeness (QED) is 0.443. The topological polar surface area (TPSA) is 120 Å². The first-order valence-electron chi connectivity index (χ1n) is 7.70. The van der Waals surface area contributed by atoms with Crippen LogP contribution in [0.15, 0.2) is 12.2 Å². The third-order valence-corrected chi connectivity index (χ3v) is 3.12. The first-order chi connectivity index (χ1) is 11.4. The molecule has 0 spiro atoms. The fraction of sp³-hybridized carbons (Fsp3) is 0.467. The van der Waals surface area contributed by atoms with Crippen molar-refractivity contribution in [2.75, 3.05) is 48.5 Å². The van der Waals surface area contributed by atoms with E-state index in [1.165, 1.54) is 0 Å². The highest BCUT2D eigenvalue weighted by Crippen LogP contribution is 2.26. The van der Waals surface area contributed by atoms with Gasteiger partial charge in [0.15, 0.2) is 11.6 Å². The lowest BCUT2D eigenvalue weighted by atomic mass is 10.3. The van der Waals surface area contributed by atoms with Crippen LogP contribution in [0.1, 0.15) is 13.8 Å². The molecule has 0 radical (unpaired) electrons. The standard InChI is InChI=1S/C15H24N8O.ClH/c1-8(2)6-18-14-20-10-11(12(16-4)22-14)21-15(19-7-9(3)24)23-13(10)17-5;/h9,24H,1,6-7H2,2-5H3,(H2,16,18,20,22)(H2,17,19,21,23);1H/t9-;/m0./s1. The average molecular weight is 369 g/mol. The zero-order chi connectivity index (χ0) is 17.7. The summed E-state index contributed by atoms with van der Waals surface area (Å²) in [6, 6.07) is 0. The Morgan fingerprint density at radius 2 is 1.48 bits per heavy atom. The largest absolute Gasteiger partial charge is 0.392 e. The number of aliphatic hydroxyl groups is 1. The third-order valence-electron chi connectivity index (χ3n) is 3.12. The van der Waals surface area contributed by atoms with Gasteiger partial charge in [0.05, 0.1) is 6.10 Å². The van der Waals surface area contributed by atoms with Crippen LogP contribution in [0.2, 0.25) is 0 Å². The molecule has 0 aliphatic heterocycles. The van der Waals surface area contributed by atoms with Gasteiger partial charge in [0.25, 0.3) is 0 Å². The number of nitrogens with zero attached hydrogens (tertiary/aromatic N) is 4. The number of aliphatic hydroxyl groups excluding tert-OH is 1. The molecular formula is C15H25ClN8O. The molecule has 0 amide bonds. The van der Waals surface area contributed by atoms with Gasteiger partial charge < -0.3 is 26.4 Å². The van der Waals surface area contributed by atoms with Crippen molar-refractivity contribution < 1.29 is 5.11 Å². The van der Waals surface area contributed by atoms with Gasteiger partial charge >= 0.3 is 0 Å². The van der Waals surface area contributed by atoms with E-state index in [-0.39, 0.29) is 12.4 Å². The number of halogens is 1. The Bertz CT molecular complexity index is 737. The van der Waals surface area contributed by atoms with E-state index in [0.29, 0.717) is 47.7 Å². The van der Waals surface area contributed by atoms with E-state index in [9.17, 15) is 5.11 Å². The van der Waals surface area contributed by atoms with Crippen molar-refractivity contribution in [3.63, 3.8) is 0 Å². The molecule has 10 heteroatoms. The number of nitrogens with one attached hydrogen (secondary N) is 4. The molecule has 25 heavy (non-hydrogen) atoms. The minimum atomic E-state index is -0.504. The summed E-state index contributed by atoms with van der Waals surface area (Å²) in [7, 11) is 3.54. The van der Waals surface area contributed by atoms with Crippen LogP contribution in [-0.4, -0.2) is 58.3 Å². The van der Waals surface area contributed by atoms with E-state index in [2.05, 4.69) is 47.8 Å². The molecule has 2 heterocycles. The minimum absolute atomic E-state index is 0. The second-order valence-electron chi connectivity index (χ2n) is 5.53. The molecule has 0 fully saturated rings. The monoisotopic (exact) mass is 368 g/mol. The van der Waals surface area contributed by atoms with E-state index >= 15 is 0 Å². The zero-order valence-corrected chi connectivity index (χ0v) is 15.7. The predicted octanol–water partition coefficient (Wildman–Crippen LogP) is 1.71. The van der Waals surface area contributed by atoms with Crippen molar-refractivity contribution in [3.05, 3.63) is 12.2 Å². The first kappa shape index (κ1) is 20.7. The van der Waals surface area contributed by atoms with Gasteiger partial charge in [-0.2, -0.15) is 9.97 Å². The van der Waals surface area contributed by atoms with Gasteiger partial charge in [0.2, 0.25) is 11.9 Å². The smallest absolute Gasteiger partial charge is 0.225 e. The molecule has 2 aromatic rings. The maximum atomic E-state index is 9.41. The molecule has 0 saturated carbocycles. The SMILES string of the molecule is C=C(C)CNc1nc(NC)c2nc(NC[C@H](C)O)nc(NC)c2n1.Cl. The van der Waals surface area contributed by atoms with Crippen LogP contribution in [0.3, 0.4) is 0 Å². The summed E-state index contributed by atoms with van der Waals surface area (Å²) < 4.78 is 0. The Kier molecular flexibility index (Phi) is 7.59. The van der Waals surface area contributed by atoms with Crippen molar-refractivity contribution in [2.24, 2.45) is 0 Å². The van der Waals surface area contributed by atoms with Crippen LogP contribution in [0.4, 0.5) is 23.5 Å². The van der Waals surface area contributed by atoms with E-state index in [0.717, 1.165) is 5.57 Å². The van der Waals surface area contributed by atoms with Gasteiger partial charge in [-0.05, 0) is 13.8 Å². The van der Waals surface area contributed by atoms with Gasteiger partial charge in [-0.1, -0.05) is 12.2 Å². The number of aromatic nitrogens is 4. The van der Waals surface area contributed by atoms with E-state index in [4.69, 9.17) is 0 Å². The highest BCUT2D eigenvalue weighted by atomic mass is 35.5. The van der Waals surface area contributed by atoms with Gasteiger partial charge in [0, 0.05) is 27.2 Å². The molecule has 0 unspecified atom stereocenters. The van der Waals surface area contributed by atoms with Crippen LogP contribution >= 0.6 is 12.4 Å². The Hall–Kier alpha value is -2.39. The number of rotatable bonds is 8. The Balaban J connectivity index is 0.00000312. The van der Waals surface area contributed by atoms with Crippen molar-refractivity contribution in [2.45, 2.75) is 20.0 Å². The van der Waals surface area contributed by atoms with Crippen molar-refractivity contribution >= 4 is 47.0 Å². The number of fused-ring (bicyclic) bond motifs is 1. The summed E-state index contributed by atoms with van der Waals surface area (Å²) in [6.45, 7) is 8.40. The highest BCUT2D eigenvalue weighted by Gasteiger charge is 2.15. The molecular weight excluding hydrogens is 344 g/mol. The van der Waals surface area contributed by atoms with Gasteiger partial charge in [0.1, 0.15) is 11.0 Å². The van der Waals surface area contributed by atoms with Gasteiger partial charge in [-0.25, -0.2) is 9.97 Å². The normalized spacial score (nSPS) is 11.4. The van der Waals surface area contributed by atoms with E-state index in [1.54, 1.807) is 21.0 Å².